The van der Waals surface area contributed by atoms with Crippen LogP contribution in [0.1, 0.15) is 22.9 Å². The molecule has 0 aliphatic heterocycles. The fraction of sp³-hybridized carbons (Fsp3) is 0.231. The standard InChI is InChI=1S/C13H14N4S/c14-12-11-9(16-13(15)17-12)6-7-10(11)18-8-4-2-1-3-5-8/h1-5,10H,6-7H2,(H4,14,15,16,17). The average Bonchev–Trinajstić information content (AvgIpc) is 2.73. The Kier molecular flexibility index (Phi) is 2.83. The number of aromatic nitrogens is 2. The Morgan fingerprint density at radius 1 is 1.11 bits per heavy atom. The lowest BCUT2D eigenvalue weighted by molar-refractivity contribution is 0.882. The molecule has 18 heavy (non-hydrogen) atoms. The normalized spacial score (nSPS) is 17.7. The summed E-state index contributed by atoms with van der Waals surface area (Å²) in [6.45, 7) is 0. The molecule has 4 nitrogen and oxygen atoms in total. The molecule has 0 spiro atoms. The maximum absolute atomic E-state index is 5.97. The first-order valence-electron chi connectivity index (χ1n) is 5.87. The van der Waals surface area contributed by atoms with Gasteiger partial charge in [0.25, 0.3) is 0 Å². The molecule has 1 aromatic heterocycles. The predicted octanol–water partition coefficient (Wildman–Crippen LogP) is 2.42. The van der Waals surface area contributed by atoms with E-state index in [0.29, 0.717) is 11.1 Å². The van der Waals surface area contributed by atoms with E-state index >= 15 is 0 Å². The number of anilines is 2. The molecule has 5 heteroatoms. The van der Waals surface area contributed by atoms with Crippen LogP contribution in [-0.4, -0.2) is 9.97 Å². The number of fused-ring (bicyclic) bond motifs is 1. The summed E-state index contributed by atoms with van der Waals surface area (Å²) in [7, 11) is 0. The highest BCUT2D eigenvalue weighted by atomic mass is 32.2. The predicted molar refractivity (Wildman–Crippen MR) is 74.2 cm³/mol. The molecule has 1 heterocycles. The third-order valence-electron chi connectivity index (χ3n) is 3.06. The van der Waals surface area contributed by atoms with E-state index in [9.17, 15) is 0 Å². The Morgan fingerprint density at radius 3 is 2.67 bits per heavy atom. The van der Waals surface area contributed by atoms with E-state index in [-0.39, 0.29) is 5.95 Å². The van der Waals surface area contributed by atoms with Gasteiger partial charge in [-0.1, -0.05) is 18.2 Å². The SMILES string of the molecule is Nc1nc(N)c2c(n1)CCC2Sc1ccccc1. The minimum Gasteiger partial charge on any atom is -0.383 e. The number of hydrogen-bond acceptors (Lipinski definition) is 5. The summed E-state index contributed by atoms with van der Waals surface area (Å²) >= 11 is 1.81. The summed E-state index contributed by atoms with van der Waals surface area (Å²) in [6, 6.07) is 10.3. The Balaban J connectivity index is 1.91. The molecule has 92 valence electrons. The van der Waals surface area contributed by atoms with E-state index in [2.05, 4.69) is 22.1 Å². The summed E-state index contributed by atoms with van der Waals surface area (Å²) in [5.74, 6) is 0.806. The highest BCUT2D eigenvalue weighted by molar-refractivity contribution is 7.99. The fourth-order valence-corrected chi connectivity index (χ4v) is 3.54. The second kappa shape index (κ2) is 4.49. The fourth-order valence-electron chi connectivity index (χ4n) is 2.29. The number of rotatable bonds is 2. The summed E-state index contributed by atoms with van der Waals surface area (Å²) < 4.78 is 0. The van der Waals surface area contributed by atoms with Crippen molar-refractivity contribution in [2.75, 3.05) is 11.5 Å². The smallest absolute Gasteiger partial charge is 0.222 e. The number of aryl methyl sites for hydroxylation is 1. The van der Waals surface area contributed by atoms with E-state index in [4.69, 9.17) is 11.5 Å². The van der Waals surface area contributed by atoms with Crippen molar-refractivity contribution in [2.24, 2.45) is 0 Å². The van der Waals surface area contributed by atoms with Crippen LogP contribution in [0, 0.1) is 0 Å². The van der Waals surface area contributed by atoms with Crippen molar-refractivity contribution in [3.63, 3.8) is 0 Å². The van der Waals surface area contributed by atoms with Crippen molar-refractivity contribution < 1.29 is 0 Å². The number of hydrogen-bond donors (Lipinski definition) is 2. The van der Waals surface area contributed by atoms with Crippen LogP contribution in [0.25, 0.3) is 0 Å². The van der Waals surface area contributed by atoms with Crippen LogP contribution < -0.4 is 11.5 Å². The van der Waals surface area contributed by atoms with Crippen molar-refractivity contribution in [3.8, 4) is 0 Å². The Labute approximate surface area is 110 Å². The molecule has 1 unspecified atom stereocenters. The van der Waals surface area contributed by atoms with Crippen molar-refractivity contribution in [3.05, 3.63) is 41.6 Å². The van der Waals surface area contributed by atoms with Gasteiger partial charge in [0.2, 0.25) is 5.95 Å². The van der Waals surface area contributed by atoms with Gasteiger partial charge in [-0.2, -0.15) is 4.98 Å². The number of nitrogen functional groups attached to an aromatic ring is 2. The largest absolute Gasteiger partial charge is 0.383 e. The summed E-state index contributed by atoms with van der Waals surface area (Å²) in [5, 5.41) is 0.336. The van der Waals surface area contributed by atoms with Gasteiger partial charge in [-0.3, -0.25) is 0 Å². The van der Waals surface area contributed by atoms with E-state index in [1.54, 1.807) is 0 Å². The zero-order valence-electron chi connectivity index (χ0n) is 9.84. The molecule has 1 aliphatic carbocycles. The van der Waals surface area contributed by atoms with Crippen LogP contribution in [0.5, 0.6) is 0 Å². The van der Waals surface area contributed by atoms with E-state index in [1.807, 2.05) is 30.0 Å². The van der Waals surface area contributed by atoms with Gasteiger partial charge in [-0.05, 0) is 25.0 Å². The van der Waals surface area contributed by atoms with Crippen LogP contribution in [0.2, 0.25) is 0 Å². The van der Waals surface area contributed by atoms with Crippen molar-refractivity contribution in [1.29, 1.82) is 0 Å². The maximum atomic E-state index is 5.97. The van der Waals surface area contributed by atoms with Crippen LogP contribution >= 0.6 is 11.8 Å². The van der Waals surface area contributed by atoms with Gasteiger partial charge in [-0.25, -0.2) is 4.98 Å². The number of benzene rings is 1. The lowest BCUT2D eigenvalue weighted by Gasteiger charge is -2.12. The zero-order valence-corrected chi connectivity index (χ0v) is 10.7. The molecular weight excluding hydrogens is 244 g/mol. The topological polar surface area (TPSA) is 77.8 Å². The molecule has 4 N–H and O–H groups in total. The molecule has 1 aliphatic rings. The van der Waals surface area contributed by atoms with E-state index in [0.717, 1.165) is 24.1 Å². The number of thioether (sulfide) groups is 1. The summed E-state index contributed by atoms with van der Waals surface area (Å²) in [6.07, 6.45) is 1.97. The number of nitrogens with two attached hydrogens (primary N) is 2. The lowest BCUT2D eigenvalue weighted by Crippen LogP contribution is -2.05. The monoisotopic (exact) mass is 258 g/mol. The first-order chi connectivity index (χ1) is 8.74. The first-order valence-corrected chi connectivity index (χ1v) is 6.75. The highest BCUT2D eigenvalue weighted by Gasteiger charge is 2.28. The molecule has 0 fully saturated rings. The quantitative estimate of drug-likeness (QED) is 0.865. The molecule has 0 amide bonds. The molecule has 0 saturated carbocycles. The minimum atomic E-state index is 0.275. The lowest BCUT2D eigenvalue weighted by atomic mass is 10.2. The third-order valence-corrected chi connectivity index (χ3v) is 4.36. The minimum absolute atomic E-state index is 0.275. The average molecular weight is 258 g/mol. The highest BCUT2D eigenvalue weighted by Crippen LogP contribution is 2.45. The van der Waals surface area contributed by atoms with Gasteiger partial charge in [-0.15, -0.1) is 11.8 Å². The maximum Gasteiger partial charge on any atom is 0.222 e. The molecule has 0 radical (unpaired) electrons. The molecule has 1 atom stereocenters. The van der Waals surface area contributed by atoms with Crippen molar-refractivity contribution in [1.82, 2.24) is 9.97 Å². The van der Waals surface area contributed by atoms with Crippen molar-refractivity contribution >= 4 is 23.5 Å². The molecule has 0 bridgehead atoms. The van der Waals surface area contributed by atoms with Crippen LogP contribution in [0.15, 0.2) is 35.2 Å². The van der Waals surface area contributed by atoms with Gasteiger partial charge in [0.05, 0.1) is 5.69 Å². The second-order valence-electron chi connectivity index (χ2n) is 4.29. The molecular formula is C13H14N4S. The van der Waals surface area contributed by atoms with Crippen LogP contribution in [-0.2, 0) is 6.42 Å². The van der Waals surface area contributed by atoms with Gasteiger partial charge in [0, 0.05) is 15.7 Å². The Bertz CT molecular complexity index is 571. The van der Waals surface area contributed by atoms with Crippen LogP contribution in [0.4, 0.5) is 11.8 Å². The molecule has 1 aromatic carbocycles. The van der Waals surface area contributed by atoms with Crippen LogP contribution in [0.3, 0.4) is 0 Å². The van der Waals surface area contributed by atoms with Gasteiger partial charge >= 0.3 is 0 Å². The number of nitrogens with zero attached hydrogens (tertiary/aromatic N) is 2. The second-order valence-corrected chi connectivity index (χ2v) is 5.56. The van der Waals surface area contributed by atoms with Crippen molar-refractivity contribution in [2.45, 2.75) is 23.0 Å². The molecule has 2 aromatic rings. The zero-order chi connectivity index (χ0) is 12.5. The van der Waals surface area contributed by atoms with Gasteiger partial charge < -0.3 is 11.5 Å². The summed E-state index contributed by atoms with van der Waals surface area (Å²) in [4.78, 5) is 9.59. The summed E-state index contributed by atoms with van der Waals surface area (Å²) in [5.41, 5.74) is 13.7. The molecule has 3 rings (SSSR count). The Morgan fingerprint density at radius 2 is 1.89 bits per heavy atom. The first kappa shape index (κ1) is 11.3. The van der Waals surface area contributed by atoms with Gasteiger partial charge in [0.1, 0.15) is 5.82 Å². The molecule has 0 saturated heterocycles. The van der Waals surface area contributed by atoms with E-state index in [1.165, 1.54) is 4.90 Å². The Hall–Kier alpha value is -1.75. The van der Waals surface area contributed by atoms with Gasteiger partial charge in [0.15, 0.2) is 0 Å². The third kappa shape index (κ3) is 2.01. The van der Waals surface area contributed by atoms with E-state index < -0.39 is 0 Å².